The van der Waals surface area contributed by atoms with E-state index in [4.69, 9.17) is 14.7 Å². The van der Waals surface area contributed by atoms with E-state index in [0.29, 0.717) is 0 Å². The van der Waals surface area contributed by atoms with E-state index in [1.807, 2.05) is 6.07 Å². The summed E-state index contributed by atoms with van der Waals surface area (Å²) in [5.74, 6) is 0. The van der Waals surface area contributed by atoms with E-state index >= 15 is 0 Å². The molecule has 0 bridgehead atoms. The molecule has 0 radical (unpaired) electrons. The van der Waals surface area contributed by atoms with Crippen molar-refractivity contribution in [2.24, 2.45) is 0 Å². The maximum absolute atomic E-state index is 12.8. The minimum absolute atomic E-state index is 0.00607. The van der Waals surface area contributed by atoms with Gasteiger partial charge >= 0.3 is 0 Å². The molecule has 0 aliphatic heterocycles. The van der Waals surface area contributed by atoms with Crippen LogP contribution >= 0.6 is 0 Å². The second-order valence-corrected chi connectivity index (χ2v) is 6.38. The molecule has 1 rings (SSSR count). The Hall–Kier alpha value is -1.46. The highest BCUT2D eigenvalue weighted by atomic mass is 32.2. The van der Waals surface area contributed by atoms with Crippen LogP contribution in [0.5, 0.6) is 0 Å². The summed E-state index contributed by atoms with van der Waals surface area (Å²) >= 11 is 0. The predicted molar refractivity (Wildman–Crippen MR) is 78.3 cm³/mol. The molecule has 116 valence electrons. The van der Waals surface area contributed by atoms with Crippen LogP contribution in [0, 0.1) is 11.3 Å². The standard InChI is InChI=1S/C14H20N2O4S/c1-12(11-20-3)16(8-9-19-2)21(17,18)14-7-5-4-6-13(14)10-15/h4-7,12H,8-9,11H2,1-3H3. The van der Waals surface area contributed by atoms with Gasteiger partial charge in [0.2, 0.25) is 10.0 Å². The first kappa shape index (κ1) is 17.6. The zero-order valence-corrected chi connectivity index (χ0v) is 13.3. The number of methoxy groups -OCH3 is 2. The van der Waals surface area contributed by atoms with Gasteiger partial charge in [-0.25, -0.2) is 8.42 Å². The first-order chi connectivity index (χ1) is 9.98. The topological polar surface area (TPSA) is 79.6 Å². The molecule has 21 heavy (non-hydrogen) atoms. The Bertz CT molecular complexity index is 595. The van der Waals surface area contributed by atoms with Gasteiger partial charge < -0.3 is 9.47 Å². The smallest absolute Gasteiger partial charge is 0.244 e. The lowest BCUT2D eigenvalue weighted by Crippen LogP contribution is -2.43. The number of benzene rings is 1. The fraction of sp³-hybridized carbons (Fsp3) is 0.500. The second-order valence-electron chi connectivity index (χ2n) is 4.52. The minimum atomic E-state index is -3.79. The monoisotopic (exact) mass is 312 g/mol. The van der Waals surface area contributed by atoms with Crippen LogP contribution in [0.2, 0.25) is 0 Å². The van der Waals surface area contributed by atoms with Crippen LogP contribution in [-0.2, 0) is 19.5 Å². The maximum Gasteiger partial charge on any atom is 0.244 e. The highest BCUT2D eigenvalue weighted by molar-refractivity contribution is 7.89. The summed E-state index contributed by atoms with van der Waals surface area (Å²) in [6.07, 6.45) is 0. The quantitative estimate of drug-likeness (QED) is 0.721. The molecule has 0 spiro atoms. The zero-order valence-electron chi connectivity index (χ0n) is 12.4. The van der Waals surface area contributed by atoms with E-state index in [9.17, 15) is 8.42 Å². The van der Waals surface area contributed by atoms with Crippen molar-refractivity contribution in [1.82, 2.24) is 4.31 Å². The molecule has 0 fully saturated rings. The van der Waals surface area contributed by atoms with Crippen LogP contribution in [0.4, 0.5) is 0 Å². The summed E-state index contributed by atoms with van der Waals surface area (Å²) in [4.78, 5) is 0.00607. The van der Waals surface area contributed by atoms with E-state index in [1.54, 1.807) is 19.1 Å². The van der Waals surface area contributed by atoms with Gasteiger partial charge in [-0.2, -0.15) is 9.57 Å². The third-order valence-electron chi connectivity index (χ3n) is 3.01. The van der Waals surface area contributed by atoms with E-state index in [1.165, 1.54) is 30.7 Å². The summed E-state index contributed by atoms with van der Waals surface area (Å²) in [6.45, 7) is 2.48. The average Bonchev–Trinajstić information content (AvgIpc) is 2.47. The number of nitrogens with zero attached hydrogens (tertiary/aromatic N) is 2. The Morgan fingerprint density at radius 1 is 1.29 bits per heavy atom. The van der Waals surface area contributed by atoms with Crippen LogP contribution in [0.25, 0.3) is 0 Å². The predicted octanol–water partition coefficient (Wildman–Crippen LogP) is 1.23. The number of hydrogen-bond acceptors (Lipinski definition) is 5. The third-order valence-corrected chi connectivity index (χ3v) is 5.08. The Balaban J connectivity index is 3.23. The lowest BCUT2D eigenvalue weighted by Gasteiger charge is -2.28. The molecule has 0 saturated heterocycles. The molecule has 0 heterocycles. The van der Waals surface area contributed by atoms with Crippen molar-refractivity contribution in [2.75, 3.05) is 34.0 Å². The largest absolute Gasteiger partial charge is 0.383 e. The van der Waals surface area contributed by atoms with Gasteiger partial charge in [0.1, 0.15) is 6.07 Å². The van der Waals surface area contributed by atoms with E-state index < -0.39 is 10.0 Å². The number of ether oxygens (including phenoxy) is 2. The molecule has 0 aromatic heterocycles. The minimum Gasteiger partial charge on any atom is -0.383 e. The first-order valence-corrected chi connectivity index (χ1v) is 7.91. The second kappa shape index (κ2) is 8.10. The van der Waals surface area contributed by atoms with Gasteiger partial charge in [-0.3, -0.25) is 0 Å². The SMILES string of the molecule is COCCN(C(C)COC)S(=O)(=O)c1ccccc1C#N. The number of nitriles is 1. The highest BCUT2D eigenvalue weighted by Gasteiger charge is 2.30. The van der Waals surface area contributed by atoms with Gasteiger partial charge in [-0.1, -0.05) is 12.1 Å². The first-order valence-electron chi connectivity index (χ1n) is 6.47. The molecule has 0 aliphatic carbocycles. The van der Waals surface area contributed by atoms with Crippen molar-refractivity contribution in [3.05, 3.63) is 29.8 Å². The van der Waals surface area contributed by atoms with E-state index in [0.717, 1.165) is 0 Å². The lowest BCUT2D eigenvalue weighted by atomic mass is 10.2. The van der Waals surface area contributed by atoms with Crippen molar-refractivity contribution in [3.8, 4) is 6.07 Å². The van der Waals surface area contributed by atoms with Crippen molar-refractivity contribution in [2.45, 2.75) is 17.9 Å². The third kappa shape index (κ3) is 4.25. The van der Waals surface area contributed by atoms with E-state index in [2.05, 4.69) is 0 Å². The summed E-state index contributed by atoms with van der Waals surface area (Å²) in [7, 11) is -0.763. The molecule has 0 amide bonds. The molecule has 7 heteroatoms. The van der Waals surface area contributed by atoms with Crippen LogP contribution in [0.3, 0.4) is 0 Å². The maximum atomic E-state index is 12.8. The number of sulfonamides is 1. The Labute approximate surface area is 125 Å². The van der Waals surface area contributed by atoms with Crippen LogP contribution < -0.4 is 0 Å². The van der Waals surface area contributed by atoms with Gasteiger partial charge in [0.15, 0.2) is 0 Å². The summed E-state index contributed by atoms with van der Waals surface area (Å²) < 4.78 is 36.9. The Morgan fingerprint density at radius 3 is 2.52 bits per heavy atom. The number of rotatable bonds is 8. The molecule has 1 unspecified atom stereocenters. The molecule has 0 saturated carbocycles. The van der Waals surface area contributed by atoms with Crippen molar-refractivity contribution >= 4 is 10.0 Å². The van der Waals surface area contributed by atoms with Crippen molar-refractivity contribution in [1.29, 1.82) is 5.26 Å². The molecular formula is C14H20N2O4S. The Kier molecular flexibility index (Phi) is 6.78. The Morgan fingerprint density at radius 2 is 1.95 bits per heavy atom. The van der Waals surface area contributed by atoms with Gasteiger partial charge in [0, 0.05) is 26.8 Å². The fourth-order valence-electron chi connectivity index (χ4n) is 1.99. The van der Waals surface area contributed by atoms with E-state index in [-0.39, 0.29) is 36.3 Å². The van der Waals surface area contributed by atoms with Crippen LogP contribution in [-0.4, -0.2) is 52.7 Å². The average molecular weight is 312 g/mol. The molecule has 1 aromatic carbocycles. The van der Waals surface area contributed by atoms with Gasteiger partial charge in [0.05, 0.1) is 23.7 Å². The molecule has 1 atom stereocenters. The van der Waals surface area contributed by atoms with Crippen LogP contribution in [0.15, 0.2) is 29.2 Å². The van der Waals surface area contributed by atoms with Gasteiger partial charge in [-0.05, 0) is 19.1 Å². The molecular weight excluding hydrogens is 292 g/mol. The van der Waals surface area contributed by atoms with Crippen molar-refractivity contribution in [3.63, 3.8) is 0 Å². The summed E-state index contributed by atoms with van der Waals surface area (Å²) in [5, 5.41) is 9.10. The fourth-order valence-corrected chi connectivity index (χ4v) is 3.74. The van der Waals surface area contributed by atoms with Gasteiger partial charge in [0.25, 0.3) is 0 Å². The molecule has 0 N–H and O–H groups in total. The molecule has 0 aliphatic rings. The van der Waals surface area contributed by atoms with Crippen LogP contribution in [0.1, 0.15) is 12.5 Å². The lowest BCUT2D eigenvalue weighted by molar-refractivity contribution is 0.119. The molecule has 1 aromatic rings. The van der Waals surface area contributed by atoms with Crippen molar-refractivity contribution < 1.29 is 17.9 Å². The molecule has 6 nitrogen and oxygen atoms in total. The highest BCUT2D eigenvalue weighted by Crippen LogP contribution is 2.21. The number of hydrogen-bond donors (Lipinski definition) is 0. The van der Waals surface area contributed by atoms with Gasteiger partial charge in [-0.15, -0.1) is 0 Å². The normalized spacial score (nSPS) is 13.1. The summed E-state index contributed by atoms with van der Waals surface area (Å²) in [6, 6.07) is 7.72. The summed E-state index contributed by atoms with van der Waals surface area (Å²) in [5.41, 5.74) is 0.129. The zero-order chi connectivity index (χ0) is 15.9.